The Hall–Kier alpha value is -1.26. The van der Waals surface area contributed by atoms with Crippen molar-refractivity contribution in [1.82, 2.24) is 4.90 Å². The maximum absolute atomic E-state index is 9.89. The second-order valence-corrected chi connectivity index (χ2v) is 3.85. The molecule has 0 fully saturated rings. The highest BCUT2D eigenvalue weighted by molar-refractivity contribution is 5.45. The smallest absolute Gasteiger partial charge is 0.162 e. The Labute approximate surface area is 96.6 Å². The summed E-state index contributed by atoms with van der Waals surface area (Å²) in [5.74, 6) is 0.745. The minimum atomic E-state index is 0.226. The van der Waals surface area contributed by atoms with Crippen LogP contribution in [0.5, 0.6) is 11.5 Å². The first-order valence-corrected chi connectivity index (χ1v) is 5.42. The van der Waals surface area contributed by atoms with Gasteiger partial charge in [0.1, 0.15) is 0 Å². The van der Waals surface area contributed by atoms with Gasteiger partial charge in [-0.25, -0.2) is 0 Å². The van der Waals surface area contributed by atoms with Gasteiger partial charge in [-0.05, 0) is 32.6 Å². The quantitative estimate of drug-likeness (QED) is 0.762. The number of nitrogens with zero attached hydrogens (tertiary/aromatic N) is 1. The Kier molecular flexibility index (Phi) is 5.08. The predicted octanol–water partition coefficient (Wildman–Crippen LogP) is 1.18. The van der Waals surface area contributed by atoms with Gasteiger partial charge >= 0.3 is 0 Å². The number of ether oxygens (including phenoxy) is 1. The zero-order valence-corrected chi connectivity index (χ0v) is 9.94. The van der Waals surface area contributed by atoms with E-state index in [1.54, 1.807) is 13.2 Å². The van der Waals surface area contributed by atoms with Crippen molar-refractivity contribution in [1.29, 1.82) is 0 Å². The summed E-state index contributed by atoms with van der Waals surface area (Å²) in [7, 11) is 3.56. The molecule has 0 heterocycles. The van der Waals surface area contributed by atoms with Crippen molar-refractivity contribution in [2.24, 2.45) is 5.73 Å². The highest BCUT2D eigenvalue weighted by Crippen LogP contribution is 2.29. The van der Waals surface area contributed by atoms with Gasteiger partial charge in [0.15, 0.2) is 11.5 Å². The second kappa shape index (κ2) is 6.35. The van der Waals surface area contributed by atoms with Crippen LogP contribution in [0.4, 0.5) is 0 Å². The van der Waals surface area contributed by atoms with Crippen LogP contribution in [0.2, 0.25) is 0 Å². The van der Waals surface area contributed by atoms with Gasteiger partial charge in [0.2, 0.25) is 0 Å². The average Bonchev–Trinajstić information content (AvgIpc) is 2.29. The first-order valence-electron chi connectivity index (χ1n) is 5.42. The van der Waals surface area contributed by atoms with Crippen molar-refractivity contribution in [2.75, 3.05) is 27.2 Å². The molecular weight excluding hydrogens is 204 g/mol. The van der Waals surface area contributed by atoms with Crippen LogP contribution < -0.4 is 10.5 Å². The Morgan fingerprint density at radius 1 is 1.44 bits per heavy atom. The minimum Gasteiger partial charge on any atom is -0.504 e. The summed E-state index contributed by atoms with van der Waals surface area (Å²) in [5.41, 5.74) is 6.32. The number of benzene rings is 1. The molecule has 90 valence electrons. The third-order valence-corrected chi connectivity index (χ3v) is 2.49. The molecule has 0 aliphatic heterocycles. The van der Waals surface area contributed by atoms with E-state index in [0.29, 0.717) is 18.8 Å². The number of methoxy groups -OCH3 is 1. The predicted molar refractivity (Wildman–Crippen MR) is 64.7 cm³/mol. The van der Waals surface area contributed by atoms with E-state index in [1.165, 1.54) is 0 Å². The van der Waals surface area contributed by atoms with Crippen LogP contribution >= 0.6 is 0 Å². The normalized spacial score (nSPS) is 10.8. The summed E-state index contributed by atoms with van der Waals surface area (Å²) in [6, 6.07) is 5.53. The van der Waals surface area contributed by atoms with Crippen molar-refractivity contribution < 1.29 is 9.84 Å². The Bertz CT molecular complexity index is 329. The summed E-state index contributed by atoms with van der Waals surface area (Å²) < 4.78 is 5.06. The van der Waals surface area contributed by atoms with E-state index >= 15 is 0 Å². The standard InChI is InChI=1S/C12H20N2O2/c1-14(8-4-7-13)9-10-5-3-6-11(16-2)12(10)15/h3,5-6,15H,4,7-9,13H2,1-2H3. The molecule has 0 unspecified atom stereocenters. The van der Waals surface area contributed by atoms with E-state index in [-0.39, 0.29) is 5.75 Å². The lowest BCUT2D eigenvalue weighted by atomic mass is 10.1. The molecule has 0 aliphatic rings. The van der Waals surface area contributed by atoms with Crippen molar-refractivity contribution in [3.8, 4) is 11.5 Å². The topological polar surface area (TPSA) is 58.7 Å². The number of rotatable bonds is 6. The van der Waals surface area contributed by atoms with Crippen LogP contribution in [0.3, 0.4) is 0 Å². The first kappa shape index (κ1) is 12.8. The lowest BCUT2D eigenvalue weighted by Crippen LogP contribution is -2.21. The van der Waals surface area contributed by atoms with Gasteiger partial charge in [0.25, 0.3) is 0 Å². The molecule has 1 rings (SSSR count). The third kappa shape index (κ3) is 3.40. The molecule has 3 N–H and O–H groups in total. The van der Waals surface area contributed by atoms with E-state index < -0.39 is 0 Å². The molecule has 1 aromatic rings. The van der Waals surface area contributed by atoms with Crippen molar-refractivity contribution in [2.45, 2.75) is 13.0 Å². The fraction of sp³-hybridized carbons (Fsp3) is 0.500. The Balaban J connectivity index is 2.66. The molecule has 0 aromatic heterocycles. The van der Waals surface area contributed by atoms with Crippen molar-refractivity contribution >= 4 is 0 Å². The molecule has 4 heteroatoms. The van der Waals surface area contributed by atoms with Gasteiger partial charge in [-0.2, -0.15) is 0 Å². The summed E-state index contributed by atoms with van der Waals surface area (Å²) in [6.45, 7) is 2.31. The van der Waals surface area contributed by atoms with E-state index in [4.69, 9.17) is 10.5 Å². The number of para-hydroxylation sites is 1. The van der Waals surface area contributed by atoms with Crippen molar-refractivity contribution in [3.63, 3.8) is 0 Å². The molecular formula is C12H20N2O2. The van der Waals surface area contributed by atoms with Gasteiger partial charge in [-0.15, -0.1) is 0 Å². The van der Waals surface area contributed by atoms with Crippen LogP contribution in [-0.4, -0.2) is 37.3 Å². The molecule has 0 aliphatic carbocycles. The average molecular weight is 224 g/mol. The molecule has 0 saturated carbocycles. The summed E-state index contributed by atoms with van der Waals surface area (Å²) >= 11 is 0. The van der Waals surface area contributed by atoms with Gasteiger partial charge in [-0.1, -0.05) is 12.1 Å². The van der Waals surface area contributed by atoms with E-state index in [9.17, 15) is 5.11 Å². The fourth-order valence-electron chi connectivity index (χ4n) is 1.59. The zero-order chi connectivity index (χ0) is 12.0. The Morgan fingerprint density at radius 2 is 2.19 bits per heavy atom. The summed E-state index contributed by atoms with van der Waals surface area (Å²) in [4.78, 5) is 2.13. The molecule has 1 aromatic carbocycles. The first-order chi connectivity index (χ1) is 7.69. The molecule has 0 radical (unpaired) electrons. The van der Waals surface area contributed by atoms with Crippen molar-refractivity contribution in [3.05, 3.63) is 23.8 Å². The molecule has 0 bridgehead atoms. The van der Waals surface area contributed by atoms with E-state index in [1.807, 2.05) is 19.2 Å². The third-order valence-electron chi connectivity index (χ3n) is 2.49. The van der Waals surface area contributed by atoms with Gasteiger partial charge in [0.05, 0.1) is 7.11 Å². The monoisotopic (exact) mass is 224 g/mol. The van der Waals surface area contributed by atoms with Crippen LogP contribution in [0.1, 0.15) is 12.0 Å². The maximum Gasteiger partial charge on any atom is 0.162 e. The molecule has 0 atom stereocenters. The van der Waals surface area contributed by atoms with Crippen LogP contribution in [-0.2, 0) is 6.54 Å². The van der Waals surface area contributed by atoms with Gasteiger partial charge in [-0.3, -0.25) is 0 Å². The number of nitrogens with two attached hydrogens (primary N) is 1. The molecule has 4 nitrogen and oxygen atoms in total. The van der Waals surface area contributed by atoms with E-state index in [2.05, 4.69) is 4.90 Å². The highest BCUT2D eigenvalue weighted by atomic mass is 16.5. The SMILES string of the molecule is COc1cccc(CN(C)CCCN)c1O. The number of phenols is 1. The molecule has 0 spiro atoms. The summed E-state index contributed by atoms with van der Waals surface area (Å²) in [5, 5.41) is 9.89. The Morgan fingerprint density at radius 3 is 2.81 bits per heavy atom. The minimum absolute atomic E-state index is 0.226. The molecule has 0 saturated heterocycles. The zero-order valence-electron chi connectivity index (χ0n) is 9.94. The second-order valence-electron chi connectivity index (χ2n) is 3.85. The number of phenolic OH excluding ortho intramolecular Hbond substituents is 1. The van der Waals surface area contributed by atoms with Gasteiger partial charge < -0.3 is 20.5 Å². The number of hydrogen-bond acceptors (Lipinski definition) is 4. The number of hydrogen-bond donors (Lipinski definition) is 2. The van der Waals surface area contributed by atoms with E-state index in [0.717, 1.165) is 18.5 Å². The lowest BCUT2D eigenvalue weighted by Gasteiger charge is -2.17. The summed E-state index contributed by atoms with van der Waals surface area (Å²) in [6.07, 6.45) is 0.960. The van der Waals surface area contributed by atoms with Crippen LogP contribution in [0.15, 0.2) is 18.2 Å². The fourth-order valence-corrected chi connectivity index (χ4v) is 1.59. The number of aromatic hydroxyl groups is 1. The molecule has 16 heavy (non-hydrogen) atoms. The highest BCUT2D eigenvalue weighted by Gasteiger charge is 2.08. The lowest BCUT2D eigenvalue weighted by molar-refractivity contribution is 0.312. The van der Waals surface area contributed by atoms with Crippen LogP contribution in [0, 0.1) is 0 Å². The maximum atomic E-state index is 9.89. The van der Waals surface area contributed by atoms with Crippen LogP contribution in [0.25, 0.3) is 0 Å². The van der Waals surface area contributed by atoms with Gasteiger partial charge in [0, 0.05) is 12.1 Å². The largest absolute Gasteiger partial charge is 0.504 e. The molecule has 0 amide bonds.